The fraction of sp³-hybridized carbons (Fsp3) is 0.600. The maximum atomic E-state index is 3.56. The van der Waals surface area contributed by atoms with Gasteiger partial charge in [0.25, 0.3) is 0 Å². The summed E-state index contributed by atoms with van der Waals surface area (Å²) in [6.07, 6.45) is 1.42. The molecule has 1 aromatic carbocycles. The topological polar surface area (TPSA) is 15.3 Å². The number of hydrogen-bond acceptors (Lipinski definition) is 2. The van der Waals surface area contributed by atoms with Crippen molar-refractivity contribution in [2.24, 2.45) is 11.8 Å². The number of hydrogen-bond donors (Lipinski definition) is 1. The van der Waals surface area contributed by atoms with Crippen molar-refractivity contribution < 1.29 is 0 Å². The van der Waals surface area contributed by atoms with Crippen LogP contribution >= 0.6 is 0 Å². The second-order valence-corrected chi connectivity index (χ2v) is 5.75. The molecule has 2 saturated heterocycles. The Balaban J connectivity index is 1.86. The Labute approximate surface area is 104 Å². The van der Waals surface area contributed by atoms with Crippen molar-refractivity contribution in [2.75, 3.05) is 31.1 Å². The van der Waals surface area contributed by atoms with Crippen LogP contribution in [0.3, 0.4) is 0 Å². The van der Waals surface area contributed by atoms with Crippen molar-refractivity contribution in [1.82, 2.24) is 5.32 Å². The van der Waals surface area contributed by atoms with E-state index in [0.29, 0.717) is 0 Å². The van der Waals surface area contributed by atoms with E-state index in [-0.39, 0.29) is 0 Å². The predicted octanol–water partition coefficient (Wildman–Crippen LogP) is 2.35. The first-order valence-corrected chi connectivity index (χ1v) is 6.76. The fourth-order valence-electron chi connectivity index (χ4n) is 3.38. The second-order valence-electron chi connectivity index (χ2n) is 5.75. The fourth-order valence-corrected chi connectivity index (χ4v) is 3.38. The van der Waals surface area contributed by atoms with E-state index in [2.05, 4.69) is 42.3 Å². The molecule has 1 aromatic rings. The third-order valence-corrected chi connectivity index (χ3v) is 4.41. The average Bonchev–Trinajstić information content (AvgIpc) is 2.32. The average molecular weight is 230 g/mol. The molecule has 92 valence electrons. The van der Waals surface area contributed by atoms with Gasteiger partial charge in [-0.15, -0.1) is 0 Å². The second kappa shape index (κ2) is 4.34. The molecule has 2 aliphatic rings. The van der Waals surface area contributed by atoms with Crippen molar-refractivity contribution >= 4 is 5.69 Å². The number of nitrogens with one attached hydrogen (secondary N) is 1. The van der Waals surface area contributed by atoms with Crippen LogP contribution in [0.5, 0.6) is 0 Å². The first-order valence-electron chi connectivity index (χ1n) is 6.76. The highest BCUT2D eigenvalue weighted by Gasteiger charge is 2.30. The Morgan fingerprint density at radius 3 is 2.53 bits per heavy atom. The molecule has 17 heavy (non-hydrogen) atoms. The van der Waals surface area contributed by atoms with Gasteiger partial charge in [-0.1, -0.05) is 12.1 Å². The summed E-state index contributed by atoms with van der Waals surface area (Å²) < 4.78 is 0. The van der Waals surface area contributed by atoms with E-state index in [1.807, 2.05) is 0 Å². The van der Waals surface area contributed by atoms with Gasteiger partial charge in [0.1, 0.15) is 0 Å². The van der Waals surface area contributed by atoms with Crippen LogP contribution in [0.4, 0.5) is 5.69 Å². The molecule has 0 saturated carbocycles. The Kier molecular flexibility index (Phi) is 2.83. The van der Waals surface area contributed by atoms with Crippen molar-refractivity contribution in [2.45, 2.75) is 20.3 Å². The summed E-state index contributed by atoms with van der Waals surface area (Å²) in [5, 5.41) is 3.56. The minimum Gasteiger partial charge on any atom is -0.371 e. The van der Waals surface area contributed by atoms with Crippen LogP contribution in [-0.4, -0.2) is 26.2 Å². The number of anilines is 1. The maximum Gasteiger partial charge on any atom is 0.0398 e. The molecular weight excluding hydrogens is 208 g/mol. The molecule has 0 spiro atoms. The Bertz CT molecular complexity index is 401. The summed E-state index contributed by atoms with van der Waals surface area (Å²) >= 11 is 0. The van der Waals surface area contributed by atoms with Crippen LogP contribution in [0.15, 0.2) is 18.2 Å². The number of benzene rings is 1. The van der Waals surface area contributed by atoms with E-state index in [9.17, 15) is 0 Å². The van der Waals surface area contributed by atoms with Gasteiger partial charge >= 0.3 is 0 Å². The van der Waals surface area contributed by atoms with E-state index in [0.717, 1.165) is 11.8 Å². The van der Waals surface area contributed by atoms with Crippen LogP contribution in [0.2, 0.25) is 0 Å². The molecule has 3 rings (SSSR count). The van der Waals surface area contributed by atoms with Crippen molar-refractivity contribution in [3.8, 4) is 0 Å². The number of nitrogens with zero attached hydrogens (tertiary/aromatic N) is 1. The van der Waals surface area contributed by atoms with Gasteiger partial charge in [-0.2, -0.15) is 0 Å². The monoisotopic (exact) mass is 230 g/mol. The number of aryl methyl sites for hydroxylation is 1. The zero-order valence-corrected chi connectivity index (χ0v) is 10.9. The van der Waals surface area contributed by atoms with Gasteiger partial charge in [0.15, 0.2) is 0 Å². The molecule has 2 fully saturated rings. The van der Waals surface area contributed by atoms with Crippen molar-refractivity contribution in [1.29, 1.82) is 0 Å². The van der Waals surface area contributed by atoms with Crippen LogP contribution < -0.4 is 10.2 Å². The maximum absolute atomic E-state index is 3.56. The molecule has 1 N–H and O–H groups in total. The molecule has 2 bridgehead atoms. The van der Waals surface area contributed by atoms with Gasteiger partial charge < -0.3 is 10.2 Å². The SMILES string of the molecule is Cc1cccc(N2CC3CNCC(C3)C2)c1C. The summed E-state index contributed by atoms with van der Waals surface area (Å²) in [5.41, 5.74) is 4.33. The number of fused-ring (bicyclic) bond motifs is 2. The van der Waals surface area contributed by atoms with Gasteiger partial charge in [0.05, 0.1) is 0 Å². The summed E-state index contributed by atoms with van der Waals surface area (Å²) in [6, 6.07) is 6.70. The van der Waals surface area contributed by atoms with Crippen LogP contribution in [0.1, 0.15) is 17.5 Å². The number of piperidine rings is 2. The third-order valence-electron chi connectivity index (χ3n) is 4.41. The molecule has 2 aliphatic heterocycles. The van der Waals surface area contributed by atoms with Crippen molar-refractivity contribution in [3.05, 3.63) is 29.3 Å². The molecule has 0 radical (unpaired) electrons. The lowest BCUT2D eigenvalue weighted by Gasteiger charge is -2.43. The lowest BCUT2D eigenvalue weighted by atomic mass is 9.85. The minimum atomic E-state index is 0.849. The minimum absolute atomic E-state index is 0.849. The molecule has 2 unspecified atom stereocenters. The highest BCUT2D eigenvalue weighted by Crippen LogP contribution is 2.31. The lowest BCUT2D eigenvalue weighted by Crippen LogP contribution is -2.51. The molecule has 2 atom stereocenters. The number of rotatable bonds is 1. The van der Waals surface area contributed by atoms with Crippen LogP contribution in [0, 0.1) is 25.7 Å². The predicted molar refractivity (Wildman–Crippen MR) is 72.6 cm³/mol. The van der Waals surface area contributed by atoms with E-state index in [1.54, 1.807) is 0 Å². The van der Waals surface area contributed by atoms with E-state index < -0.39 is 0 Å². The van der Waals surface area contributed by atoms with E-state index in [4.69, 9.17) is 0 Å². The Morgan fingerprint density at radius 2 is 1.82 bits per heavy atom. The summed E-state index contributed by atoms with van der Waals surface area (Å²) in [6.45, 7) is 9.34. The Morgan fingerprint density at radius 1 is 1.12 bits per heavy atom. The molecule has 0 amide bonds. The zero-order valence-electron chi connectivity index (χ0n) is 10.9. The van der Waals surface area contributed by atoms with E-state index >= 15 is 0 Å². The smallest absolute Gasteiger partial charge is 0.0398 e. The quantitative estimate of drug-likeness (QED) is 0.796. The molecular formula is C15H22N2. The highest BCUT2D eigenvalue weighted by atomic mass is 15.2. The highest BCUT2D eigenvalue weighted by molar-refractivity contribution is 5.56. The van der Waals surface area contributed by atoms with Gasteiger partial charge in [-0.05, 0) is 62.4 Å². The van der Waals surface area contributed by atoms with Gasteiger partial charge in [-0.3, -0.25) is 0 Å². The van der Waals surface area contributed by atoms with Crippen LogP contribution in [-0.2, 0) is 0 Å². The van der Waals surface area contributed by atoms with Crippen molar-refractivity contribution in [3.63, 3.8) is 0 Å². The van der Waals surface area contributed by atoms with E-state index in [1.165, 1.54) is 49.4 Å². The molecule has 0 aromatic heterocycles. The lowest BCUT2D eigenvalue weighted by molar-refractivity contribution is 0.249. The first kappa shape index (κ1) is 11.1. The van der Waals surface area contributed by atoms with Crippen LogP contribution in [0.25, 0.3) is 0 Å². The third kappa shape index (κ3) is 2.06. The van der Waals surface area contributed by atoms with Gasteiger partial charge in [0.2, 0.25) is 0 Å². The van der Waals surface area contributed by atoms with Gasteiger partial charge in [0, 0.05) is 18.8 Å². The standard InChI is InChI=1S/C15H22N2/c1-11-4-3-5-15(12(11)2)17-9-13-6-14(10-17)8-16-7-13/h3-5,13-14,16H,6-10H2,1-2H3. The molecule has 2 heteroatoms. The van der Waals surface area contributed by atoms with Gasteiger partial charge in [-0.25, -0.2) is 0 Å². The Hall–Kier alpha value is -1.02. The largest absolute Gasteiger partial charge is 0.371 e. The molecule has 2 nitrogen and oxygen atoms in total. The normalized spacial score (nSPS) is 28.2. The summed E-state index contributed by atoms with van der Waals surface area (Å²) in [7, 11) is 0. The molecule has 0 aliphatic carbocycles. The summed E-state index contributed by atoms with van der Waals surface area (Å²) in [4.78, 5) is 2.61. The first-order chi connectivity index (χ1) is 8.24. The molecule has 2 heterocycles. The zero-order chi connectivity index (χ0) is 11.8. The summed E-state index contributed by atoms with van der Waals surface area (Å²) in [5.74, 6) is 1.70.